The summed E-state index contributed by atoms with van der Waals surface area (Å²) in [6, 6.07) is 17.1. The van der Waals surface area contributed by atoms with Crippen LogP contribution in [0.4, 0.5) is 4.79 Å². The number of amides is 2. The van der Waals surface area contributed by atoms with E-state index in [1.54, 1.807) is 23.8 Å². The summed E-state index contributed by atoms with van der Waals surface area (Å²) in [5.41, 5.74) is 2.49. The maximum absolute atomic E-state index is 13.0. The lowest BCUT2D eigenvalue weighted by molar-refractivity contribution is 0.145. The molecule has 0 unspecified atom stereocenters. The molecule has 2 amide bonds. The SMILES string of the molecule is COCCN(Cc1c(-c2ccccc2)nn(C)c1Oc1ccccc1OC)C(=O)NC(C)C. The van der Waals surface area contributed by atoms with Crippen molar-refractivity contribution in [1.29, 1.82) is 0 Å². The Morgan fingerprint density at radius 1 is 1.06 bits per heavy atom. The topological polar surface area (TPSA) is 77.8 Å². The van der Waals surface area contributed by atoms with E-state index in [9.17, 15) is 4.79 Å². The summed E-state index contributed by atoms with van der Waals surface area (Å²) in [4.78, 5) is 14.7. The molecule has 3 rings (SSSR count). The van der Waals surface area contributed by atoms with Gasteiger partial charge in [-0.25, -0.2) is 9.48 Å². The molecule has 1 N–H and O–H groups in total. The van der Waals surface area contributed by atoms with E-state index in [4.69, 9.17) is 19.3 Å². The Balaban J connectivity index is 2.06. The third kappa shape index (κ3) is 6.04. The number of nitrogens with one attached hydrogen (secondary N) is 1. The third-order valence-corrected chi connectivity index (χ3v) is 5.02. The zero-order chi connectivity index (χ0) is 23.8. The first-order chi connectivity index (χ1) is 15.9. The molecule has 0 bridgehead atoms. The normalized spacial score (nSPS) is 10.8. The van der Waals surface area contributed by atoms with Gasteiger partial charge in [-0.2, -0.15) is 5.10 Å². The van der Waals surface area contributed by atoms with Gasteiger partial charge >= 0.3 is 6.03 Å². The Morgan fingerprint density at radius 2 is 1.73 bits per heavy atom. The quantitative estimate of drug-likeness (QED) is 0.492. The van der Waals surface area contributed by atoms with Crippen LogP contribution in [-0.4, -0.2) is 54.1 Å². The molecule has 1 aromatic heterocycles. The molecule has 8 nitrogen and oxygen atoms in total. The van der Waals surface area contributed by atoms with Gasteiger partial charge in [0.2, 0.25) is 5.88 Å². The van der Waals surface area contributed by atoms with Crippen molar-refractivity contribution in [3.05, 3.63) is 60.2 Å². The van der Waals surface area contributed by atoms with Crippen molar-refractivity contribution in [2.75, 3.05) is 27.4 Å². The highest BCUT2D eigenvalue weighted by Crippen LogP contribution is 2.37. The second-order valence-electron chi connectivity index (χ2n) is 7.89. The molecule has 0 saturated heterocycles. The van der Waals surface area contributed by atoms with Gasteiger partial charge in [0.25, 0.3) is 0 Å². The van der Waals surface area contributed by atoms with Crippen LogP contribution in [0.15, 0.2) is 54.6 Å². The maximum Gasteiger partial charge on any atom is 0.317 e. The average Bonchev–Trinajstić information content (AvgIpc) is 3.12. The van der Waals surface area contributed by atoms with Crippen molar-refractivity contribution in [3.8, 4) is 28.6 Å². The summed E-state index contributed by atoms with van der Waals surface area (Å²) >= 11 is 0. The van der Waals surface area contributed by atoms with Crippen LogP contribution in [0.25, 0.3) is 11.3 Å². The number of benzene rings is 2. The average molecular weight is 453 g/mol. The first kappa shape index (κ1) is 24.1. The molecule has 3 aromatic rings. The van der Waals surface area contributed by atoms with Gasteiger partial charge in [0.15, 0.2) is 11.5 Å². The largest absolute Gasteiger partial charge is 0.493 e. The summed E-state index contributed by atoms with van der Waals surface area (Å²) in [5, 5.41) is 7.72. The van der Waals surface area contributed by atoms with Crippen molar-refractivity contribution in [1.82, 2.24) is 20.0 Å². The van der Waals surface area contributed by atoms with Crippen molar-refractivity contribution < 1.29 is 19.0 Å². The molecule has 0 atom stereocenters. The molecule has 0 saturated carbocycles. The Labute approximate surface area is 195 Å². The second kappa shape index (κ2) is 11.4. The zero-order valence-electron chi connectivity index (χ0n) is 19.9. The van der Waals surface area contributed by atoms with E-state index in [0.717, 1.165) is 16.8 Å². The van der Waals surface area contributed by atoms with E-state index >= 15 is 0 Å². The number of carbonyl (C=O) groups is 1. The van der Waals surface area contributed by atoms with E-state index in [1.807, 2.05) is 75.5 Å². The molecule has 0 aliphatic heterocycles. The van der Waals surface area contributed by atoms with Crippen LogP contribution in [0, 0.1) is 0 Å². The molecule has 2 aromatic carbocycles. The molecule has 33 heavy (non-hydrogen) atoms. The van der Waals surface area contributed by atoms with Gasteiger partial charge in [0, 0.05) is 32.3 Å². The first-order valence-electron chi connectivity index (χ1n) is 10.9. The van der Waals surface area contributed by atoms with Crippen molar-refractivity contribution in [2.45, 2.75) is 26.4 Å². The van der Waals surface area contributed by atoms with Gasteiger partial charge < -0.3 is 24.4 Å². The molecular formula is C25H32N4O4. The monoisotopic (exact) mass is 452 g/mol. The van der Waals surface area contributed by atoms with Crippen LogP contribution in [0.1, 0.15) is 19.4 Å². The molecule has 176 valence electrons. The molecule has 0 radical (unpaired) electrons. The number of hydrogen-bond donors (Lipinski definition) is 1. The minimum atomic E-state index is -0.173. The Hall–Kier alpha value is -3.52. The number of carbonyl (C=O) groups excluding carboxylic acids is 1. The van der Waals surface area contributed by atoms with E-state index < -0.39 is 0 Å². The third-order valence-electron chi connectivity index (χ3n) is 5.02. The van der Waals surface area contributed by atoms with Crippen LogP contribution in [0.2, 0.25) is 0 Å². The number of para-hydroxylation sites is 2. The zero-order valence-corrected chi connectivity index (χ0v) is 19.9. The number of nitrogens with zero attached hydrogens (tertiary/aromatic N) is 3. The van der Waals surface area contributed by atoms with Crippen LogP contribution < -0.4 is 14.8 Å². The molecular weight excluding hydrogens is 420 g/mol. The van der Waals surface area contributed by atoms with Gasteiger partial charge in [-0.3, -0.25) is 0 Å². The molecule has 1 heterocycles. The summed E-state index contributed by atoms with van der Waals surface area (Å²) in [6.07, 6.45) is 0. The lowest BCUT2D eigenvalue weighted by Gasteiger charge is -2.24. The Kier molecular flexibility index (Phi) is 8.32. The van der Waals surface area contributed by atoms with Crippen molar-refractivity contribution >= 4 is 6.03 Å². The number of rotatable bonds is 10. The highest BCUT2D eigenvalue weighted by molar-refractivity contribution is 5.75. The number of hydrogen-bond acceptors (Lipinski definition) is 5. The van der Waals surface area contributed by atoms with Crippen molar-refractivity contribution in [3.63, 3.8) is 0 Å². The fourth-order valence-corrected chi connectivity index (χ4v) is 3.44. The second-order valence-corrected chi connectivity index (χ2v) is 7.89. The molecule has 0 fully saturated rings. The van der Waals surface area contributed by atoms with E-state index in [-0.39, 0.29) is 12.1 Å². The Morgan fingerprint density at radius 3 is 2.36 bits per heavy atom. The van der Waals surface area contributed by atoms with Gasteiger partial charge in [-0.15, -0.1) is 0 Å². The fourth-order valence-electron chi connectivity index (χ4n) is 3.44. The predicted octanol–water partition coefficient (Wildman–Crippen LogP) is 4.45. The standard InChI is InChI=1S/C25H32N4O4/c1-18(2)26-25(30)29(15-16-31-4)17-20-23(19-11-7-6-8-12-19)27-28(3)24(20)33-22-14-10-9-13-21(22)32-5/h6-14,18H,15-17H2,1-5H3,(H,26,30). The number of methoxy groups -OCH3 is 2. The summed E-state index contributed by atoms with van der Waals surface area (Å²) in [7, 11) is 5.05. The first-order valence-corrected chi connectivity index (χ1v) is 10.9. The van der Waals surface area contributed by atoms with E-state index in [0.29, 0.717) is 37.1 Å². The van der Waals surface area contributed by atoms with E-state index in [2.05, 4.69) is 5.32 Å². The van der Waals surface area contributed by atoms with Crippen LogP contribution in [0.3, 0.4) is 0 Å². The van der Waals surface area contributed by atoms with Gasteiger partial charge in [0.1, 0.15) is 5.69 Å². The van der Waals surface area contributed by atoms with Gasteiger partial charge in [-0.05, 0) is 26.0 Å². The Bertz CT molecular complexity index is 1050. The predicted molar refractivity (Wildman–Crippen MR) is 128 cm³/mol. The molecule has 0 aliphatic carbocycles. The fraction of sp³-hybridized carbons (Fsp3) is 0.360. The highest BCUT2D eigenvalue weighted by atomic mass is 16.5. The van der Waals surface area contributed by atoms with Gasteiger partial charge in [-0.1, -0.05) is 42.5 Å². The minimum Gasteiger partial charge on any atom is -0.493 e. The maximum atomic E-state index is 13.0. The minimum absolute atomic E-state index is 0.00865. The summed E-state index contributed by atoms with van der Waals surface area (Å²) < 4.78 is 18.7. The molecule has 0 aliphatic rings. The smallest absolute Gasteiger partial charge is 0.317 e. The molecule has 0 spiro atoms. The van der Waals surface area contributed by atoms with Gasteiger partial charge in [0.05, 0.1) is 25.8 Å². The molecule has 8 heteroatoms. The highest BCUT2D eigenvalue weighted by Gasteiger charge is 2.25. The number of ether oxygens (including phenoxy) is 3. The van der Waals surface area contributed by atoms with Crippen LogP contribution in [-0.2, 0) is 18.3 Å². The van der Waals surface area contributed by atoms with Crippen LogP contribution >= 0.6 is 0 Å². The number of urea groups is 1. The summed E-state index contributed by atoms with van der Waals surface area (Å²) in [6.45, 7) is 5.00. The summed E-state index contributed by atoms with van der Waals surface area (Å²) in [5.74, 6) is 1.72. The van der Waals surface area contributed by atoms with Crippen molar-refractivity contribution in [2.24, 2.45) is 7.05 Å². The van der Waals surface area contributed by atoms with Crippen LogP contribution in [0.5, 0.6) is 17.4 Å². The van der Waals surface area contributed by atoms with E-state index in [1.165, 1.54) is 0 Å². The lowest BCUT2D eigenvalue weighted by atomic mass is 10.1. The number of aryl methyl sites for hydroxylation is 1. The lowest BCUT2D eigenvalue weighted by Crippen LogP contribution is -2.44. The number of aromatic nitrogens is 2.